The maximum Gasteiger partial charge on any atom is 0.290 e. The van der Waals surface area contributed by atoms with E-state index < -0.39 is 0 Å². The third-order valence-electron chi connectivity index (χ3n) is 7.71. The van der Waals surface area contributed by atoms with Crippen molar-refractivity contribution < 1.29 is 29.0 Å². The molecule has 2 amide bonds. The van der Waals surface area contributed by atoms with Gasteiger partial charge in [0.15, 0.2) is 5.43 Å². The van der Waals surface area contributed by atoms with Gasteiger partial charge in [-0.25, -0.2) is 4.98 Å². The average molecular weight is 701 g/mol. The van der Waals surface area contributed by atoms with Crippen molar-refractivity contribution in [1.29, 1.82) is 0 Å². The summed E-state index contributed by atoms with van der Waals surface area (Å²) in [6.45, 7) is 17.5. The first-order valence-electron chi connectivity index (χ1n) is 17.0. The van der Waals surface area contributed by atoms with Crippen LogP contribution in [0.25, 0.3) is 21.6 Å². The van der Waals surface area contributed by atoms with Crippen molar-refractivity contribution >= 4 is 41.0 Å². The average Bonchev–Trinajstić information content (AvgIpc) is 3.58. The van der Waals surface area contributed by atoms with E-state index in [0.717, 1.165) is 78.3 Å². The number of thiazole rings is 1. The molecule has 5 rings (SSSR count). The molecule has 12 heteroatoms. The van der Waals surface area contributed by atoms with E-state index in [1.165, 1.54) is 12.8 Å². The summed E-state index contributed by atoms with van der Waals surface area (Å²) in [7, 11) is 1.63. The number of ether oxygens (including phenoxy) is 2. The van der Waals surface area contributed by atoms with E-state index in [0.29, 0.717) is 30.0 Å². The second-order valence-electron chi connectivity index (χ2n) is 11.7. The predicted molar refractivity (Wildman–Crippen MR) is 199 cm³/mol. The molecule has 3 N–H and O–H groups in total. The van der Waals surface area contributed by atoms with Crippen LogP contribution in [0.3, 0.4) is 0 Å². The third-order valence-corrected chi connectivity index (χ3v) is 8.60. The number of likely N-dealkylation sites (tertiary alicyclic amines) is 1. The van der Waals surface area contributed by atoms with Gasteiger partial charge in [-0.05, 0) is 76.8 Å². The second kappa shape index (κ2) is 24.2. The fourth-order valence-corrected chi connectivity index (χ4v) is 5.79. The second-order valence-corrected chi connectivity index (χ2v) is 12.5. The molecule has 1 saturated carbocycles. The molecule has 2 fully saturated rings. The first kappa shape index (κ1) is 43.0. The summed E-state index contributed by atoms with van der Waals surface area (Å²) in [6.07, 6.45) is 10.4. The number of nitrogens with zero attached hydrogens (tertiary/aromatic N) is 2. The lowest BCUT2D eigenvalue weighted by molar-refractivity contribution is -0.136. The molecule has 49 heavy (non-hydrogen) atoms. The highest BCUT2D eigenvalue weighted by molar-refractivity contribution is 7.13. The third kappa shape index (κ3) is 15.0. The van der Waals surface area contributed by atoms with Gasteiger partial charge < -0.3 is 29.8 Å². The number of allylic oxidation sites excluding steroid dienone is 1. The number of benzene rings is 1. The van der Waals surface area contributed by atoms with Crippen molar-refractivity contribution in [2.75, 3.05) is 26.9 Å². The summed E-state index contributed by atoms with van der Waals surface area (Å²) in [5.74, 6) is 1.29. The van der Waals surface area contributed by atoms with Gasteiger partial charge in [0.2, 0.25) is 12.3 Å². The normalized spacial score (nSPS) is 14.4. The Morgan fingerprint density at radius 3 is 2.43 bits per heavy atom. The van der Waals surface area contributed by atoms with E-state index in [1.807, 2.05) is 43.2 Å². The minimum atomic E-state index is -0.250. The number of carboxylic acid groups (broad SMARTS) is 1. The molecular weight excluding hydrogens is 644 g/mol. The summed E-state index contributed by atoms with van der Waals surface area (Å²) in [6, 6.07) is 6.18. The lowest BCUT2D eigenvalue weighted by atomic mass is 10.1. The molecule has 1 unspecified atom stereocenters. The number of nitrogens with one attached hydrogen (secondary N) is 2. The Balaban J connectivity index is 0.000000387. The highest BCUT2D eigenvalue weighted by Crippen LogP contribution is 2.29. The molecule has 1 atom stereocenters. The number of rotatable bonds is 12. The number of methoxy groups -OCH3 is 1. The van der Waals surface area contributed by atoms with E-state index in [2.05, 4.69) is 42.6 Å². The van der Waals surface area contributed by atoms with Crippen LogP contribution in [-0.2, 0) is 19.1 Å². The van der Waals surface area contributed by atoms with Crippen LogP contribution < -0.4 is 15.5 Å². The first-order valence-corrected chi connectivity index (χ1v) is 17.9. The largest absolute Gasteiger partial charge is 0.496 e. The first-order chi connectivity index (χ1) is 23.6. The lowest BCUT2D eigenvalue weighted by Crippen LogP contribution is -2.36. The lowest BCUT2D eigenvalue weighted by Gasteiger charge is -2.21. The number of H-pyrrole nitrogens is 1. The van der Waals surface area contributed by atoms with E-state index in [4.69, 9.17) is 19.4 Å². The molecule has 272 valence electrons. The van der Waals surface area contributed by atoms with E-state index in [-0.39, 0.29) is 24.4 Å². The molecule has 2 aromatic heterocycles. The predicted octanol–water partition coefficient (Wildman–Crippen LogP) is 7.08. The molecule has 1 aliphatic carbocycles. The van der Waals surface area contributed by atoms with Crippen LogP contribution in [0.15, 0.2) is 41.0 Å². The quantitative estimate of drug-likeness (QED) is 0.103. The number of unbranched alkanes of at least 4 members (excludes halogenated alkanes) is 2. The Bertz CT molecular complexity index is 1480. The zero-order valence-corrected chi connectivity index (χ0v) is 31.1. The number of carbonyl (C=O) groups is 3. The van der Waals surface area contributed by atoms with E-state index in [1.54, 1.807) is 30.6 Å². The molecule has 3 aromatic rings. The molecule has 1 aliphatic heterocycles. The number of carbonyl (C=O) groups excluding carboxylic acids is 2. The number of aryl methyl sites for hydroxylation is 1. The molecule has 1 saturated heterocycles. The van der Waals surface area contributed by atoms with Crippen LogP contribution in [-0.4, -0.2) is 77.7 Å². The maximum absolute atomic E-state index is 12.4. The highest BCUT2D eigenvalue weighted by atomic mass is 32.1. The topological polar surface area (TPSA) is 151 Å². The Labute approximate surface area is 295 Å². The van der Waals surface area contributed by atoms with Gasteiger partial charge >= 0.3 is 0 Å². The smallest absolute Gasteiger partial charge is 0.290 e. The zero-order chi connectivity index (χ0) is 36.8. The minimum absolute atomic E-state index is 0.00389. The van der Waals surface area contributed by atoms with Gasteiger partial charge in [-0.1, -0.05) is 33.8 Å². The molecule has 0 radical (unpaired) electrons. The summed E-state index contributed by atoms with van der Waals surface area (Å²) < 4.78 is 10.7. The van der Waals surface area contributed by atoms with Crippen LogP contribution in [0.1, 0.15) is 96.7 Å². The van der Waals surface area contributed by atoms with Crippen molar-refractivity contribution in [1.82, 2.24) is 20.2 Å². The number of amides is 2. The molecule has 2 aliphatic rings. The van der Waals surface area contributed by atoms with Crippen LogP contribution in [0, 0.1) is 6.92 Å². The standard InChI is InChI=1S/C17H18N2O2S.C13H23NO2.C4H7NO.C2H6.CH2O2/c1-9(2)13-8-22-17(19-13)12-7-14(20)11-5-6-15(21-4)10(3)16(11)18-12;1-3-4-5-6-10-16-11-13(15)14-9-7-8-12(14)2;6-3-5-4-1-2-4;1-2;2-1-3/h5-9H,1-4H3,(H,18,20);3,12H,1,4-11H2,2H3;3-4H,1-2H2,(H,5,6);1-2H3;1H,(H,2,3). The number of aromatic nitrogens is 2. The number of aromatic amines is 1. The summed E-state index contributed by atoms with van der Waals surface area (Å²) in [5, 5.41) is 13.1. The molecule has 0 bridgehead atoms. The van der Waals surface area contributed by atoms with Gasteiger partial charge in [0.25, 0.3) is 6.47 Å². The van der Waals surface area contributed by atoms with Crippen LogP contribution >= 0.6 is 11.3 Å². The van der Waals surface area contributed by atoms with Crippen molar-refractivity contribution in [2.45, 2.75) is 104 Å². The van der Waals surface area contributed by atoms with Gasteiger partial charge in [0, 0.05) is 47.6 Å². The van der Waals surface area contributed by atoms with Crippen LogP contribution in [0.2, 0.25) is 0 Å². The van der Waals surface area contributed by atoms with Crippen molar-refractivity contribution in [2.24, 2.45) is 0 Å². The van der Waals surface area contributed by atoms with E-state index >= 15 is 0 Å². The molecule has 3 heterocycles. The van der Waals surface area contributed by atoms with Crippen LogP contribution in [0.4, 0.5) is 0 Å². The summed E-state index contributed by atoms with van der Waals surface area (Å²) >= 11 is 1.55. The van der Waals surface area contributed by atoms with Crippen molar-refractivity contribution in [3.63, 3.8) is 0 Å². The number of hydrogen-bond acceptors (Lipinski definition) is 8. The van der Waals surface area contributed by atoms with Gasteiger partial charge in [-0.2, -0.15) is 0 Å². The fourth-order valence-electron chi connectivity index (χ4n) is 4.84. The summed E-state index contributed by atoms with van der Waals surface area (Å²) in [4.78, 5) is 51.9. The van der Waals surface area contributed by atoms with Gasteiger partial charge in [0.05, 0.1) is 24.0 Å². The van der Waals surface area contributed by atoms with Gasteiger partial charge in [-0.3, -0.25) is 19.2 Å². The Morgan fingerprint density at radius 2 is 1.92 bits per heavy atom. The summed E-state index contributed by atoms with van der Waals surface area (Å²) in [5.41, 5.74) is 3.53. The number of hydrogen-bond donors (Lipinski definition) is 3. The van der Waals surface area contributed by atoms with Crippen LogP contribution in [0.5, 0.6) is 5.75 Å². The number of pyridine rings is 1. The Hall–Kier alpha value is -4.03. The Morgan fingerprint density at radius 1 is 1.22 bits per heavy atom. The minimum Gasteiger partial charge on any atom is -0.496 e. The highest BCUT2D eigenvalue weighted by Gasteiger charge is 2.24. The molecule has 0 spiro atoms. The van der Waals surface area contributed by atoms with Gasteiger partial charge in [-0.15, -0.1) is 17.9 Å². The fraction of sp³-hybridized carbons (Fsp3) is 0.541. The van der Waals surface area contributed by atoms with E-state index in [9.17, 15) is 14.4 Å². The monoisotopic (exact) mass is 700 g/mol. The number of fused-ring (bicyclic) bond motifs is 1. The van der Waals surface area contributed by atoms with Crippen molar-refractivity contribution in [3.05, 3.63) is 57.7 Å². The SMILES string of the molecule is C=CCCCCOCC(=O)N1CCCC1C.CC.COc1ccc2c(=O)cc(-c3nc(C(C)C)cs3)[nH]c2c1C.O=CNC1CC1.O=CO. The molecule has 11 nitrogen and oxygen atoms in total. The van der Waals surface area contributed by atoms with Gasteiger partial charge in [0.1, 0.15) is 17.4 Å². The zero-order valence-electron chi connectivity index (χ0n) is 30.3. The molecular formula is C37H56N4O7S. The van der Waals surface area contributed by atoms with Crippen molar-refractivity contribution in [3.8, 4) is 16.5 Å². The Kier molecular flexibility index (Phi) is 21.2. The molecule has 1 aromatic carbocycles. The maximum atomic E-state index is 12.4.